The first-order valence-corrected chi connectivity index (χ1v) is 7.16. The molecule has 0 unspecified atom stereocenters. The summed E-state index contributed by atoms with van der Waals surface area (Å²) in [5, 5.41) is 1.04. The molecule has 0 atom stereocenters. The number of ether oxygens (including phenoxy) is 1. The summed E-state index contributed by atoms with van der Waals surface area (Å²) in [4.78, 5) is 0. The lowest BCUT2D eigenvalue weighted by molar-refractivity contribution is 0.479. The Kier molecular flexibility index (Phi) is 4.79. The highest BCUT2D eigenvalue weighted by molar-refractivity contribution is 9.10. The van der Waals surface area contributed by atoms with E-state index in [0.717, 1.165) is 10.0 Å². The molecule has 0 aliphatic heterocycles. The Balaban J connectivity index is 2.28. The van der Waals surface area contributed by atoms with E-state index < -0.39 is 0 Å². The smallest absolute Gasteiger partial charge is 0.146 e. The minimum Gasteiger partial charge on any atom is -0.455 e. The van der Waals surface area contributed by atoms with E-state index in [4.69, 9.17) is 39.5 Å². The largest absolute Gasteiger partial charge is 0.455 e. The summed E-state index contributed by atoms with van der Waals surface area (Å²) in [5.41, 5.74) is 1.01. The molecule has 0 aliphatic carbocycles. The number of hydrogen-bond donors (Lipinski definition) is 0. The van der Waals surface area contributed by atoms with Gasteiger partial charge in [-0.1, -0.05) is 29.3 Å². The molecule has 2 rings (SSSR count). The minimum absolute atomic E-state index is 0.459. The Bertz CT molecular complexity index is 572. The zero-order chi connectivity index (χ0) is 13.1. The van der Waals surface area contributed by atoms with Crippen molar-refractivity contribution in [2.45, 2.75) is 5.88 Å². The van der Waals surface area contributed by atoms with Crippen molar-refractivity contribution in [2.75, 3.05) is 0 Å². The predicted molar refractivity (Wildman–Crippen MR) is 80.2 cm³/mol. The maximum absolute atomic E-state index is 6.04. The van der Waals surface area contributed by atoms with Gasteiger partial charge in [0.05, 0.1) is 9.50 Å². The summed E-state index contributed by atoms with van der Waals surface area (Å²) >= 11 is 21.1. The van der Waals surface area contributed by atoms with E-state index in [1.165, 1.54) is 0 Å². The molecule has 0 amide bonds. The molecule has 0 saturated carbocycles. The van der Waals surface area contributed by atoms with Crippen LogP contribution in [0, 0.1) is 0 Å². The summed E-state index contributed by atoms with van der Waals surface area (Å²) in [5.74, 6) is 1.69. The Morgan fingerprint density at radius 2 is 1.72 bits per heavy atom. The van der Waals surface area contributed by atoms with Gasteiger partial charge in [0.15, 0.2) is 0 Å². The van der Waals surface area contributed by atoms with Crippen molar-refractivity contribution < 1.29 is 4.74 Å². The molecule has 0 aliphatic rings. The van der Waals surface area contributed by atoms with Crippen molar-refractivity contribution >= 4 is 50.7 Å². The molecule has 1 nitrogen and oxygen atoms in total. The van der Waals surface area contributed by atoms with Gasteiger partial charge in [0.2, 0.25) is 0 Å². The third kappa shape index (κ3) is 3.33. The average Bonchev–Trinajstić information content (AvgIpc) is 2.34. The van der Waals surface area contributed by atoms with E-state index in [1.54, 1.807) is 18.2 Å². The van der Waals surface area contributed by atoms with E-state index in [1.807, 2.05) is 18.2 Å². The number of halogens is 4. The van der Waals surface area contributed by atoms with Gasteiger partial charge < -0.3 is 4.74 Å². The molecule has 18 heavy (non-hydrogen) atoms. The van der Waals surface area contributed by atoms with Crippen LogP contribution in [0.5, 0.6) is 11.5 Å². The van der Waals surface area contributed by atoms with Gasteiger partial charge in [-0.05, 0) is 51.8 Å². The lowest BCUT2D eigenvalue weighted by Gasteiger charge is -2.10. The highest BCUT2D eigenvalue weighted by Crippen LogP contribution is 2.35. The molecule has 0 saturated heterocycles. The van der Waals surface area contributed by atoms with Crippen molar-refractivity contribution in [3.8, 4) is 11.5 Å². The standard InChI is InChI=1S/C13H8BrCl3O/c14-10-5-8(7-15)1-3-12(10)18-13-4-2-9(16)6-11(13)17/h1-6H,7H2. The molecule has 0 spiro atoms. The zero-order valence-corrected chi connectivity index (χ0v) is 12.9. The van der Waals surface area contributed by atoms with Gasteiger partial charge in [-0.2, -0.15) is 0 Å². The first-order chi connectivity index (χ1) is 8.60. The van der Waals surface area contributed by atoms with Crippen LogP contribution in [0.4, 0.5) is 0 Å². The SMILES string of the molecule is ClCc1ccc(Oc2ccc(Cl)cc2Cl)c(Br)c1. The first-order valence-electron chi connectivity index (χ1n) is 5.07. The van der Waals surface area contributed by atoms with Gasteiger partial charge in [-0.25, -0.2) is 0 Å². The van der Waals surface area contributed by atoms with Gasteiger partial charge in [-0.3, -0.25) is 0 Å². The highest BCUT2D eigenvalue weighted by atomic mass is 79.9. The predicted octanol–water partition coefficient (Wildman–Crippen LogP) is 6.29. The van der Waals surface area contributed by atoms with Crippen LogP contribution < -0.4 is 4.74 Å². The van der Waals surface area contributed by atoms with E-state index in [0.29, 0.717) is 27.4 Å². The summed E-state index contributed by atoms with van der Waals surface area (Å²) in [6.45, 7) is 0. The molecular weight excluding hydrogens is 358 g/mol. The van der Waals surface area contributed by atoms with Crippen LogP contribution in [0.3, 0.4) is 0 Å². The van der Waals surface area contributed by atoms with Gasteiger partial charge >= 0.3 is 0 Å². The molecule has 0 bridgehead atoms. The summed E-state index contributed by atoms with van der Waals surface area (Å²) in [6.07, 6.45) is 0. The molecule has 0 heterocycles. The Hall–Kier alpha value is -0.410. The fourth-order valence-electron chi connectivity index (χ4n) is 1.39. The van der Waals surface area contributed by atoms with Crippen molar-refractivity contribution in [3.05, 3.63) is 56.5 Å². The summed E-state index contributed by atoms with van der Waals surface area (Å²) < 4.78 is 6.54. The third-order valence-electron chi connectivity index (χ3n) is 2.26. The summed E-state index contributed by atoms with van der Waals surface area (Å²) in [7, 11) is 0. The lowest BCUT2D eigenvalue weighted by Crippen LogP contribution is -1.88. The van der Waals surface area contributed by atoms with Crippen LogP contribution in [0.1, 0.15) is 5.56 Å². The maximum atomic E-state index is 6.04. The normalized spacial score (nSPS) is 10.4. The second kappa shape index (κ2) is 6.16. The third-order valence-corrected chi connectivity index (χ3v) is 3.72. The fraction of sp³-hybridized carbons (Fsp3) is 0.0769. The van der Waals surface area contributed by atoms with E-state index in [2.05, 4.69) is 15.9 Å². The van der Waals surface area contributed by atoms with E-state index in [-0.39, 0.29) is 0 Å². The van der Waals surface area contributed by atoms with Crippen molar-refractivity contribution in [1.29, 1.82) is 0 Å². The summed E-state index contributed by atoms with van der Waals surface area (Å²) in [6, 6.07) is 10.7. The zero-order valence-electron chi connectivity index (χ0n) is 9.09. The second-order valence-corrected chi connectivity index (χ2v) is 5.54. The number of benzene rings is 2. The van der Waals surface area contributed by atoms with Gasteiger partial charge in [0, 0.05) is 10.9 Å². The second-order valence-electron chi connectivity index (χ2n) is 3.58. The van der Waals surface area contributed by atoms with Crippen LogP contribution in [0.25, 0.3) is 0 Å². The molecule has 0 aromatic heterocycles. The lowest BCUT2D eigenvalue weighted by atomic mass is 10.2. The molecule has 0 fully saturated rings. The fourth-order valence-corrected chi connectivity index (χ4v) is 2.51. The van der Waals surface area contributed by atoms with Crippen molar-refractivity contribution in [1.82, 2.24) is 0 Å². The van der Waals surface area contributed by atoms with Crippen LogP contribution in [0.15, 0.2) is 40.9 Å². The van der Waals surface area contributed by atoms with Crippen molar-refractivity contribution in [3.63, 3.8) is 0 Å². The van der Waals surface area contributed by atoms with E-state index in [9.17, 15) is 0 Å². The van der Waals surface area contributed by atoms with Crippen LogP contribution in [0.2, 0.25) is 10.0 Å². The molecular formula is C13H8BrCl3O. The van der Waals surface area contributed by atoms with Gasteiger partial charge in [0.25, 0.3) is 0 Å². The Morgan fingerprint density at radius 3 is 2.33 bits per heavy atom. The molecule has 0 radical (unpaired) electrons. The average molecular weight is 366 g/mol. The van der Waals surface area contributed by atoms with Gasteiger partial charge in [0.1, 0.15) is 11.5 Å². The van der Waals surface area contributed by atoms with Gasteiger partial charge in [-0.15, -0.1) is 11.6 Å². The van der Waals surface area contributed by atoms with Crippen LogP contribution in [-0.4, -0.2) is 0 Å². The maximum Gasteiger partial charge on any atom is 0.146 e. The number of rotatable bonds is 3. The van der Waals surface area contributed by atoms with E-state index >= 15 is 0 Å². The minimum atomic E-state index is 0.459. The highest BCUT2D eigenvalue weighted by Gasteiger charge is 2.07. The number of hydrogen-bond acceptors (Lipinski definition) is 1. The Morgan fingerprint density at radius 1 is 1.00 bits per heavy atom. The molecule has 94 valence electrons. The monoisotopic (exact) mass is 364 g/mol. The topological polar surface area (TPSA) is 9.23 Å². The number of alkyl halides is 1. The van der Waals surface area contributed by atoms with Crippen LogP contribution in [-0.2, 0) is 5.88 Å². The van der Waals surface area contributed by atoms with Crippen molar-refractivity contribution in [2.24, 2.45) is 0 Å². The molecule has 2 aromatic carbocycles. The molecule has 5 heteroatoms. The van der Waals surface area contributed by atoms with Crippen LogP contribution >= 0.6 is 50.7 Å². The first kappa shape index (κ1) is 14.0. The molecule has 0 N–H and O–H groups in total. The quantitative estimate of drug-likeness (QED) is 0.580. The Labute approximate surface area is 129 Å². The molecule has 2 aromatic rings.